The molecule has 0 aliphatic heterocycles. The van der Waals surface area contributed by atoms with E-state index >= 15 is 0 Å². The van der Waals surface area contributed by atoms with Crippen molar-refractivity contribution in [3.63, 3.8) is 0 Å². The van der Waals surface area contributed by atoms with Crippen LogP contribution in [0.4, 0.5) is 0 Å². The van der Waals surface area contributed by atoms with Crippen LogP contribution in [-0.4, -0.2) is 59.9 Å². The van der Waals surface area contributed by atoms with Gasteiger partial charge in [0.25, 0.3) is 0 Å². The standard InChI is InChI=1S/C9H16O4.Ca.2H/c1-4-5-9(6(2)3,7(10)11)8(12)13;;;/h6H,4-5H2,1-3H3,(H,10,11)(H,12,13);;;/q;+2;2*-1. The van der Waals surface area contributed by atoms with E-state index in [9.17, 15) is 9.59 Å². The first-order valence-electron chi connectivity index (χ1n) is 4.36. The van der Waals surface area contributed by atoms with Crippen molar-refractivity contribution in [2.75, 3.05) is 0 Å². The first kappa shape index (κ1) is 16.6. The number of carbonyl (C=O) groups is 2. The maximum Gasteiger partial charge on any atom is 2.00 e. The van der Waals surface area contributed by atoms with Gasteiger partial charge in [0.2, 0.25) is 0 Å². The Morgan fingerprint density at radius 1 is 1.29 bits per heavy atom. The van der Waals surface area contributed by atoms with Crippen molar-refractivity contribution in [2.24, 2.45) is 11.3 Å². The largest absolute Gasteiger partial charge is 2.00 e. The van der Waals surface area contributed by atoms with Gasteiger partial charge in [-0.05, 0) is 12.3 Å². The van der Waals surface area contributed by atoms with Crippen LogP contribution in [-0.2, 0) is 9.59 Å². The molecule has 0 aliphatic carbocycles. The average molecular weight is 230 g/mol. The van der Waals surface area contributed by atoms with Crippen LogP contribution in [0.25, 0.3) is 0 Å². The summed E-state index contributed by atoms with van der Waals surface area (Å²) in [6.07, 6.45) is 0.728. The minimum Gasteiger partial charge on any atom is -1.00 e. The Bertz CT molecular complexity index is 208. The Morgan fingerprint density at radius 3 is 1.71 bits per heavy atom. The Balaban J connectivity index is -0.000000240. The van der Waals surface area contributed by atoms with Crippen molar-refractivity contribution < 1.29 is 22.7 Å². The van der Waals surface area contributed by atoms with Crippen molar-refractivity contribution in [3.05, 3.63) is 0 Å². The molecule has 2 N–H and O–H groups in total. The van der Waals surface area contributed by atoms with Crippen molar-refractivity contribution in [2.45, 2.75) is 33.6 Å². The maximum absolute atomic E-state index is 10.9. The Morgan fingerprint density at radius 2 is 1.64 bits per heavy atom. The van der Waals surface area contributed by atoms with Crippen LogP contribution >= 0.6 is 0 Å². The zero-order valence-corrected chi connectivity index (χ0v) is 11.1. The van der Waals surface area contributed by atoms with Crippen LogP contribution < -0.4 is 0 Å². The maximum atomic E-state index is 10.9. The van der Waals surface area contributed by atoms with E-state index in [1.165, 1.54) is 0 Å². The molecule has 0 aliphatic rings. The molecule has 80 valence electrons. The fourth-order valence-electron chi connectivity index (χ4n) is 1.48. The van der Waals surface area contributed by atoms with Crippen molar-refractivity contribution in [1.82, 2.24) is 0 Å². The van der Waals surface area contributed by atoms with E-state index in [0.29, 0.717) is 6.42 Å². The summed E-state index contributed by atoms with van der Waals surface area (Å²) >= 11 is 0. The van der Waals surface area contributed by atoms with Crippen molar-refractivity contribution >= 4 is 49.7 Å². The second kappa shape index (κ2) is 6.64. The molecule has 0 bridgehead atoms. The van der Waals surface area contributed by atoms with Gasteiger partial charge in [-0.3, -0.25) is 9.59 Å². The molecule has 5 heteroatoms. The number of rotatable bonds is 5. The molecule has 0 saturated carbocycles. The summed E-state index contributed by atoms with van der Waals surface area (Å²) in [6.45, 7) is 5.03. The first-order chi connectivity index (χ1) is 5.89. The summed E-state index contributed by atoms with van der Waals surface area (Å²) in [5.41, 5.74) is -1.62. The summed E-state index contributed by atoms with van der Waals surface area (Å²) < 4.78 is 0. The third kappa shape index (κ3) is 3.11. The molecule has 0 spiro atoms. The summed E-state index contributed by atoms with van der Waals surface area (Å²) in [5.74, 6) is -2.88. The van der Waals surface area contributed by atoms with Gasteiger partial charge in [-0.2, -0.15) is 0 Å². The van der Waals surface area contributed by atoms with Gasteiger partial charge in [0.1, 0.15) is 0 Å². The van der Waals surface area contributed by atoms with Crippen LogP contribution in [0.5, 0.6) is 0 Å². The summed E-state index contributed by atoms with van der Waals surface area (Å²) in [6, 6.07) is 0. The topological polar surface area (TPSA) is 74.6 Å². The van der Waals surface area contributed by atoms with Crippen LogP contribution in [0.3, 0.4) is 0 Å². The van der Waals surface area contributed by atoms with Crippen LogP contribution in [0, 0.1) is 11.3 Å². The van der Waals surface area contributed by atoms with Crippen molar-refractivity contribution in [3.8, 4) is 0 Å². The zero-order valence-electron chi connectivity index (χ0n) is 10.9. The summed E-state index contributed by atoms with van der Waals surface area (Å²) in [4.78, 5) is 21.8. The number of carboxylic acids is 2. The fraction of sp³-hybridized carbons (Fsp3) is 0.778. The van der Waals surface area contributed by atoms with E-state index < -0.39 is 23.3 Å². The molecule has 14 heavy (non-hydrogen) atoms. The van der Waals surface area contributed by atoms with Gasteiger partial charge < -0.3 is 13.1 Å². The van der Waals surface area contributed by atoms with Crippen LogP contribution in [0.15, 0.2) is 0 Å². The van der Waals surface area contributed by atoms with Gasteiger partial charge in [-0.15, -0.1) is 0 Å². The number of hydrogen-bond donors (Lipinski definition) is 2. The molecular formula is C9H18CaO4. The molecule has 0 saturated heterocycles. The molecule has 0 unspecified atom stereocenters. The molecule has 0 atom stereocenters. The quantitative estimate of drug-likeness (QED) is 0.553. The number of hydrogen-bond acceptors (Lipinski definition) is 2. The molecule has 0 aromatic heterocycles. The minimum absolute atomic E-state index is 0. The van der Waals surface area contributed by atoms with E-state index in [4.69, 9.17) is 10.2 Å². The van der Waals surface area contributed by atoms with Crippen molar-refractivity contribution in [1.29, 1.82) is 0 Å². The molecule has 0 aromatic rings. The summed E-state index contributed by atoms with van der Waals surface area (Å²) in [7, 11) is 0. The normalized spacial score (nSPS) is 10.9. The predicted molar refractivity (Wildman–Crippen MR) is 55.4 cm³/mol. The van der Waals surface area contributed by atoms with Crippen LogP contribution in [0.1, 0.15) is 36.5 Å². The second-order valence-corrected chi connectivity index (χ2v) is 3.49. The number of aliphatic carboxylic acids is 2. The van der Waals surface area contributed by atoms with Gasteiger partial charge in [-0.1, -0.05) is 27.2 Å². The van der Waals surface area contributed by atoms with E-state index in [-0.39, 0.29) is 47.0 Å². The van der Waals surface area contributed by atoms with E-state index in [1.54, 1.807) is 20.8 Å². The van der Waals surface area contributed by atoms with Gasteiger partial charge in [-0.25, -0.2) is 0 Å². The number of carboxylic acid groups (broad SMARTS) is 2. The fourth-order valence-corrected chi connectivity index (χ4v) is 1.48. The van der Waals surface area contributed by atoms with E-state index in [2.05, 4.69) is 0 Å². The minimum atomic E-state index is -1.62. The Kier molecular flexibility index (Phi) is 7.89. The smallest absolute Gasteiger partial charge is 1.00 e. The molecule has 4 nitrogen and oxygen atoms in total. The van der Waals surface area contributed by atoms with E-state index in [0.717, 1.165) is 0 Å². The monoisotopic (exact) mass is 230 g/mol. The Hall–Kier alpha value is 0.200. The van der Waals surface area contributed by atoms with E-state index in [1.807, 2.05) is 0 Å². The molecule has 0 aromatic carbocycles. The van der Waals surface area contributed by atoms with Gasteiger partial charge in [0.15, 0.2) is 5.41 Å². The molecule has 0 heterocycles. The van der Waals surface area contributed by atoms with Gasteiger partial charge >= 0.3 is 49.7 Å². The second-order valence-electron chi connectivity index (χ2n) is 3.49. The molecule has 0 amide bonds. The Labute approximate surface area is 117 Å². The molecule has 0 fully saturated rings. The molecule has 0 radical (unpaired) electrons. The third-order valence-electron chi connectivity index (χ3n) is 2.39. The first-order valence-corrected chi connectivity index (χ1v) is 4.36. The predicted octanol–water partition coefficient (Wildman–Crippen LogP) is 1.44. The molecular weight excluding hydrogens is 212 g/mol. The van der Waals surface area contributed by atoms with Crippen LogP contribution in [0.2, 0.25) is 0 Å². The van der Waals surface area contributed by atoms with Gasteiger partial charge in [0.05, 0.1) is 0 Å². The summed E-state index contributed by atoms with van der Waals surface area (Å²) in [5, 5.41) is 17.8. The molecule has 0 rings (SSSR count). The zero-order chi connectivity index (χ0) is 10.6. The SMILES string of the molecule is CCCC(C(=O)O)(C(=O)O)C(C)C.[Ca+2].[H-].[H-]. The van der Waals surface area contributed by atoms with Gasteiger partial charge in [0, 0.05) is 0 Å². The third-order valence-corrected chi connectivity index (χ3v) is 2.39. The average Bonchev–Trinajstić information content (AvgIpc) is 1.97.